The Hall–Kier alpha value is -2.68. The van der Waals surface area contributed by atoms with Crippen LogP contribution in [0.1, 0.15) is 29.5 Å². The topological polar surface area (TPSA) is 33.2 Å². The highest BCUT2D eigenvalue weighted by molar-refractivity contribution is 5.87. The molecular weight excluding hydrogens is 308 g/mol. The first-order valence-electron chi connectivity index (χ1n) is 8.88. The van der Waals surface area contributed by atoms with Crippen LogP contribution in [0, 0.1) is 6.92 Å². The van der Waals surface area contributed by atoms with Crippen molar-refractivity contribution in [1.82, 2.24) is 9.88 Å². The number of rotatable bonds is 5. The number of aryl methyl sites for hydroxylation is 1. The van der Waals surface area contributed by atoms with Gasteiger partial charge in [-0.3, -0.25) is 9.78 Å². The minimum absolute atomic E-state index is 0.196. The van der Waals surface area contributed by atoms with E-state index in [0.29, 0.717) is 19.0 Å². The maximum atomic E-state index is 13.0. The fourth-order valence-electron chi connectivity index (χ4n) is 3.27. The summed E-state index contributed by atoms with van der Waals surface area (Å²) in [6, 6.07) is 18.9. The van der Waals surface area contributed by atoms with Crippen molar-refractivity contribution in [2.45, 2.75) is 38.8 Å². The number of pyridine rings is 1. The molecule has 126 valence electrons. The maximum absolute atomic E-state index is 13.0. The lowest BCUT2D eigenvalue weighted by molar-refractivity contribution is -0.131. The Labute approximate surface area is 148 Å². The molecule has 0 spiro atoms. The minimum Gasteiger partial charge on any atom is -0.335 e. The Kier molecular flexibility index (Phi) is 4.22. The van der Waals surface area contributed by atoms with E-state index in [-0.39, 0.29) is 5.91 Å². The third kappa shape index (κ3) is 3.55. The number of carbonyl (C=O) groups is 1. The number of para-hydroxylation sites is 1. The molecule has 1 aliphatic carbocycles. The van der Waals surface area contributed by atoms with E-state index < -0.39 is 0 Å². The first kappa shape index (κ1) is 15.8. The molecule has 0 N–H and O–H groups in total. The van der Waals surface area contributed by atoms with Gasteiger partial charge in [0.25, 0.3) is 0 Å². The zero-order chi connectivity index (χ0) is 17.2. The van der Waals surface area contributed by atoms with Crippen LogP contribution in [0.3, 0.4) is 0 Å². The Balaban J connectivity index is 1.55. The highest BCUT2D eigenvalue weighted by Crippen LogP contribution is 2.29. The number of fused-ring (bicyclic) bond motifs is 1. The molecule has 3 nitrogen and oxygen atoms in total. The van der Waals surface area contributed by atoms with Crippen LogP contribution < -0.4 is 0 Å². The molecule has 2 aromatic carbocycles. The van der Waals surface area contributed by atoms with Crippen molar-refractivity contribution in [2.75, 3.05) is 0 Å². The van der Waals surface area contributed by atoms with Crippen molar-refractivity contribution >= 4 is 16.8 Å². The molecule has 1 amide bonds. The van der Waals surface area contributed by atoms with Crippen LogP contribution in [0.5, 0.6) is 0 Å². The van der Waals surface area contributed by atoms with Crippen LogP contribution in [0.15, 0.2) is 60.8 Å². The first-order valence-corrected chi connectivity index (χ1v) is 8.88. The van der Waals surface area contributed by atoms with E-state index in [0.717, 1.165) is 29.3 Å². The molecule has 0 bridgehead atoms. The molecule has 3 aromatic rings. The van der Waals surface area contributed by atoms with Crippen LogP contribution in [-0.2, 0) is 17.8 Å². The van der Waals surface area contributed by atoms with Crippen molar-refractivity contribution in [3.05, 3.63) is 77.5 Å². The van der Waals surface area contributed by atoms with E-state index in [1.165, 1.54) is 11.1 Å². The summed E-state index contributed by atoms with van der Waals surface area (Å²) in [4.78, 5) is 19.5. The summed E-state index contributed by atoms with van der Waals surface area (Å²) in [6.07, 6.45) is 4.44. The molecule has 3 heteroatoms. The summed E-state index contributed by atoms with van der Waals surface area (Å²) in [6.45, 7) is 2.78. The van der Waals surface area contributed by atoms with E-state index in [2.05, 4.69) is 36.2 Å². The van der Waals surface area contributed by atoms with Gasteiger partial charge in [-0.05, 0) is 37.0 Å². The maximum Gasteiger partial charge on any atom is 0.227 e. The monoisotopic (exact) mass is 330 g/mol. The van der Waals surface area contributed by atoms with Gasteiger partial charge < -0.3 is 4.90 Å². The first-order chi connectivity index (χ1) is 12.2. The lowest BCUT2D eigenvalue weighted by Crippen LogP contribution is -2.33. The second kappa shape index (κ2) is 6.67. The molecule has 1 aromatic heterocycles. The second-order valence-corrected chi connectivity index (χ2v) is 6.91. The lowest BCUT2D eigenvalue weighted by Gasteiger charge is -2.23. The molecular formula is C22H22N2O. The van der Waals surface area contributed by atoms with Gasteiger partial charge in [0.1, 0.15) is 0 Å². The van der Waals surface area contributed by atoms with Crippen LogP contribution in [0.4, 0.5) is 0 Å². The largest absolute Gasteiger partial charge is 0.335 e. The van der Waals surface area contributed by atoms with Gasteiger partial charge >= 0.3 is 0 Å². The molecule has 1 saturated carbocycles. The Morgan fingerprint density at radius 1 is 1.08 bits per heavy atom. The molecule has 1 fully saturated rings. The van der Waals surface area contributed by atoms with Crippen molar-refractivity contribution in [3.63, 3.8) is 0 Å². The van der Waals surface area contributed by atoms with Gasteiger partial charge in [-0.1, -0.05) is 54.1 Å². The molecule has 1 heterocycles. The molecule has 0 aliphatic heterocycles. The van der Waals surface area contributed by atoms with Gasteiger partial charge in [0.2, 0.25) is 5.91 Å². The highest BCUT2D eigenvalue weighted by Gasteiger charge is 2.32. The standard InChI is InChI=1S/C22H22N2O/c1-16-7-9-17(10-8-16)15-24(20-11-12-20)21(25)14-19-5-2-4-18-6-3-13-23-22(18)19/h2-10,13,20H,11-12,14-15H2,1H3. The van der Waals surface area contributed by atoms with Crippen LogP contribution in [-0.4, -0.2) is 21.8 Å². The van der Waals surface area contributed by atoms with E-state index in [1.54, 1.807) is 6.20 Å². The summed E-state index contributed by atoms with van der Waals surface area (Å²) >= 11 is 0. The highest BCUT2D eigenvalue weighted by atomic mass is 16.2. The summed E-state index contributed by atoms with van der Waals surface area (Å²) < 4.78 is 0. The number of hydrogen-bond acceptors (Lipinski definition) is 2. The van der Waals surface area contributed by atoms with Crippen LogP contribution in [0.2, 0.25) is 0 Å². The summed E-state index contributed by atoms with van der Waals surface area (Å²) in [7, 11) is 0. The zero-order valence-corrected chi connectivity index (χ0v) is 14.5. The van der Waals surface area contributed by atoms with E-state index in [9.17, 15) is 4.79 Å². The summed E-state index contributed by atoms with van der Waals surface area (Å²) in [5.41, 5.74) is 4.39. The van der Waals surface area contributed by atoms with Crippen molar-refractivity contribution in [3.8, 4) is 0 Å². The number of hydrogen-bond donors (Lipinski definition) is 0. The summed E-state index contributed by atoms with van der Waals surface area (Å²) in [5.74, 6) is 0.196. The predicted octanol–water partition coefficient (Wildman–Crippen LogP) is 4.28. The molecule has 25 heavy (non-hydrogen) atoms. The molecule has 0 radical (unpaired) electrons. The Bertz CT molecular complexity index is 892. The fourth-order valence-corrected chi connectivity index (χ4v) is 3.27. The van der Waals surface area contributed by atoms with Gasteiger partial charge in [0.15, 0.2) is 0 Å². The van der Waals surface area contributed by atoms with Gasteiger partial charge in [0, 0.05) is 24.2 Å². The molecule has 4 rings (SSSR count). The summed E-state index contributed by atoms with van der Waals surface area (Å²) in [5, 5.41) is 1.09. The lowest BCUT2D eigenvalue weighted by atomic mass is 10.1. The molecule has 0 unspecified atom stereocenters. The predicted molar refractivity (Wildman–Crippen MR) is 100 cm³/mol. The fraction of sp³-hybridized carbons (Fsp3) is 0.273. The van der Waals surface area contributed by atoms with Crippen LogP contribution in [0.25, 0.3) is 10.9 Å². The van der Waals surface area contributed by atoms with Gasteiger partial charge in [0.05, 0.1) is 11.9 Å². The van der Waals surface area contributed by atoms with E-state index >= 15 is 0 Å². The van der Waals surface area contributed by atoms with E-state index in [1.807, 2.05) is 35.2 Å². The molecule has 0 atom stereocenters. The normalized spacial score (nSPS) is 13.8. The zero-order valence-electron chi connectivity index (χ0n) is 14.5. The van der Waals surface area contributed by atoms with Gasteiger partial charge in [-0.15, -0.1) is 0 Å². The minimum atomic E-state index is 0.196. The number of aromatic nitrogens is 1. The average Bonchev–Trinajstić information content (AvgIpc) is 3.46. The average molecular weight is 330 g/mol. The Morgan fingerprint density at radius 3 is 2.60 bits per heavy atom. The molecule has 1 aliphatic rings. The third-order valence-electron chi connectivity index (χ3n) is 4.84. The third-order valence-corrected chi connectivity index (χ3v) is 4.84. The number of carbonyl (C=O) groups excluding carboxylic acids is 1. The Morgan fingerprint density at radius 2 is 1.84 bits per heavy atom. The second-order valence-electron chi connectivity index (χ2n) is 6.91. The van der Waals surface area contributed by atoms with Crippen molar-refractivity contribution in [1.29, 1.82) is 0 Å². The van der Waals surface area contributed by atoms with Gasteiger partial charge in [-0.2, -0.15) is 0 Å². The number of benzene rings is 2. The van der Waals surface area contributed by atoms with E-state index in [4.69, 9.17) is 0 Å². The number of amides is 1. The van der Waals surface area contributed by atoms with Crippen molar-refractivity contribution < 1.29 is 4.79 Å². The van der Waals surface area contributed by atoms with Gasteiger partial charge in [-0.25, -0.2) is 0 Å². The van der Waals surface area contributed by atoms with Crippen LogP contribution >= 0.6 is 0 Å². The van der Waals surface area contributed by atoms with Crippen molar-refractivity contribution in [2.24, 2.45) is 0 Å². The number of nitrogens with zero attached hydrogens (tertiary/aromatic N) is 2. The molecule has 0 saturated heterocycles. The SMILES string of the molecule is Cc1ccc(CN(C(=O)Cc2cccc3cccnc23)C2CC2)cc1. The quantitative estimate of drug-likeness (QED) is 0.700. The smallest absolute Gasteiger partial charge is 0.227 e.